The van der Waals surface area contributed by atoms with E-state index in [0.717, 1.165) is 18.4 Å². The molecule has 0 saturated heterocycles. The van der Waals surface area contributed by atoms with Gasteiger partial charge >= 0.3 is 6.18 Å². The van der Waals surface area contributed by atoms with Gasteiger partial charge in [-0.15, -0.1) is 0 Å². The number of benzene rings is 2. The van der Waals surface area contributed by atoms with Crippen LogP contribution >= 0.6 is 0 Å². The molecule has 0 amide bonds. The lowest BCUT2D eigenvalue weighted by Crippen LogP contribution is -2.23. The molecule has 1 saturated carbocycles. The number of halogens is 3. The van der Waals surface area contributed by atoms with E-state index in [-0.39, 0.29) is 29.4 Å². The maximum atomic E-state index is 13.8. The molecule has 10 heteroatoms. The highest BCUT2D eigenvalue weighted by molar-refractivity contribution is 7.92. The van der Waals surface area contributed by atoms with Gasteiger partial charge in [-0.3, -0.25) is 0 Å². The summed E-state index contributed by atoms with van der Waals surface area (Å²) in [6.45, 7) is 0. The molecule has 0 aromatic heterocycles. The van der Waals surface area contributed by atoms with Crippen LogP contribution < -0.4 is 0 Å². The molecule has 5 nitrogen and oxygen atoms in total. The smallest absolute Gasteiger partial charge is 0.381 e. The van der Waals surface area contributed by atoms with Crippen LogP contribution in [-0.2, 0) is 30.6 Å². The number of alkyl halides is 3. The van der Waals surface area contributed by atoms with Crippen LogP contribution in [-0.4, -0.2) is 41.6 Å². The molecule has 2 aromatic rings. The minimum atomic E-state index is -4.87. The Morgan fingerprint density at radius 2 is 1.53 bits per heavy atom. The van der Waals surface area contributed by atoms with E-state index in [0.29, 0.717) is 12.0 Å². The second-order valence-electron chi connectivity index (χ2n) is 7.34. The summed E-state index contributed by atoms with van der Waals surface area (Å²) < 4.78 is 95.4. The SMILES string of the molecule is CO[C@H]1CC[C@H](S(=O)(=O)c2ccc(-c3ccc(S(C)(=O)=O)cc3)cc2C(F)(F)F)C1. The van der Waals surface area contributed by atoms with Crippen LogP contribution in [0.4, 0.5) is 13.2 Å². The molecule has 3 rings (SSSR count). The predicted octanol–water partition coefficient (Wildman–Crippen LogP) is 4.12. The van der Waals surface area contributed by atoms with Gasteiger partial charge < -0.3 is 4.74 Å². The maximum Gasteiger partial charge on any atom is 0.417 e. The molecule has 2 atom stereocenters. The molecule has 0 bridgehead atoms. The lowest BCUT2D eigenvalue weighted by atomic mass is 10.0. The molecule has 30 heavy (non-hydrogen) atoms. The van der Waals surface area contributed by atoms with Crippen LogP contribution in [0, 0.1) is 0 Å². The summed E-state index contributed by atoms with van der Waals surface area (Å²) in [5, 5.41) is -0.927. The Labute approximate surface area is 173 Å². The summed E-state index contributed by atoms with van der Waals surface area (Å²) in [5.74, 6) is 0. The minimum Gasteiger partial charge on any atom is -0.381 e. The highest BCUT2D eigenvalue weighted by Gasteiger charge is 2.42. The summed E-state index contributed by atoms with van der Waals surface area (Å²) in [5.41, 5.74) is -0.743. The number of hydrogen-bond donors (Lipinski definition) is 0. The van der Waals surface area contributed by atoms with Gasteiger partial charge in [-0.1, -0.05) is 18.2 Å². The Bertz CT molecular complexity index is 1140. The zero-order valence-electron chi connectivity index (χ0n) is 16.3. The van der Waals surface area contributed by atoms with E-state index in [4.69, 9.17) is 4.74 Å². The normalized spacial score (nSPS) is 20.4. The Balaban J connectivity index is 2.05. The molecular weight excluding hydrogens is 441 g/mol. The van der Waals surface area contributed by atoms with Gasteiger partial charge in [0.15, 0.2) is 19.7 Å². The predicted molar refractivity (Wildman–Crippen MR) is 106 cm³/mol. The van der Waals surface area contributed by atoms with Crippen LogP contribution in [0.15, 0.2) is 52.3 Å². The highest BCUT2D eigenvalue weighted by Crippen LogP contribution is 2.40. The van der Waals surface area contributed by atoms with Gasteiger partial charge in [-0.25, -0.2) is 16.8 Å². The van der Waals surface area contributed by atoms with Gasteiger partial charge in [0.1, 0.15) is 0 Å². The van der Waals surface area contributed by atoms with E-state index < -0.39 is 41.6 Å². The highest BCUT2D eigenvalue weighted by atomic mass is 32.2. The molecule has 164 valence electrons. The van der Waals surface area contributed by atoms with Gasteiger partial charge in [-0.2, -0.15) is 13.2 Å². The molecule has 1 aliphatic rings. The lowest BCUT2D eigenvalue weighted by Gasteiger charge is -2.18. The van der Waals surface area contributed by atoms with Gasteiger partial charge in [0.05, 0.1) is 26.7 Å². The first-order valence-corrected chi connectivity index (χ1v) is 12.6. The molecule has 0 radical (unpaired) electrons. The number of sulfone groups is 2. The standard InChI is InChI=1S/C20H21F3O5S2/c1-28-15-6-9-17(12-15)30(26,27)19-10-5-14(11-18(19)20(21,22)23)13-3-7-16(8-4-13)29(2,24)25/h3-5,7-8,10-11,15,17H,6,9,12H2,1-2H3/t15-,17-/m0/s1. The third-order valence-corrected chi connectivity index (χ3v) is 8.72. The Morgan fingerprint density at radius 3 is 2.03 bits per heavy atom. The Morgan fingerprint density at radius 1 is 0.933 bits per heavy atom. The summed E-state index contributed by atoms with van der Waals surface area (Å²) in [6.07, 6.45) is -3.25. The fourth-order valence-electron chi connectivity index (χ4n) is 3.65. The average molecular weight is 463 g/mol. The summed E-state index contributed by atoms with van der Waals surface area (Å²) in [7, 11) is -6.20. The van der Waals surface area contributed by atoms with Crippen LogP contribution in [0.25, 0.3) is 11.1 Å². The molecule has 1 aliphatic carbocycles. The molecule has 0 spiro atoms. The van der Waals surface area contributed by atoms with Crippen molar-refractivity contribution in [3.8, 4) is 11.1 Å². The Kier molecular flexibility index (Phi) is 6.05. The monoisotopic (exact) mass is 462 g/mol. The third-order valence-electron chi connectivity index (χ3n) is 5.32. The van der Waals surface area contributed by atoms with Gasteiger partial charge in [0.25, 0.3) is 0 Å². The molecule has 0 N–H and O–H groups in total. The van der Waals surface area contributed by atoms with Crippen molar-refractivity contribution in [1.29, 1.82) is 0 Å². The molecule has 0 heterocycles. The van der Waals surface area contributed by atoms with Gasteiger partial charge in [-0.05, 0) is 54.7 Å². The zero-order chi connectivity index (χ0) is 22.3. The lowest BCUT2D eigenvalue weighted by molar-refractivity contribution is -0.139. The topological polar surface area (TPSA) is 77.5 Å². The van der Waals surface area contributed by atoms with Crippen molar-refractivity contribution in [3.63, 3.8) is 0 Å². The van der Waals surface area contributed by atoms with Crippen LogP contribution in [0.1, 0.15) is 24.8 Å². The molecule has 2 aromatic carbocycles. The van der Waals surface area contributed by atoms with Crippen LogP contribution in [0.5, 0.6) is 0 Å². The first-order chi connectivity index (χ1) is 13.8. The van der Waals surface area contributed by atoms with Crippen molar-refractivity contribution in [1.82, 2.24) is 0 Å². The molecule has 0 unspecified atom stereocenters. The number of rotatable bonds is 5. The van der Waals surface area contributed by atoms with Crippen molar-refractivity contribution in [2.24, 2.45) is 0 Å². The fourth-order valence-corrected chi connectivity index (χ4v) is 6.29. The third kappa shape index (κ3) is 4.55. The minimum absolute atomic E-state index is 0.0374. The second-order valence-corrected chi connectivity index (χ2v) is 11.6. The average Bonchev–Trinajstić information content (AvgIpc) is 3.16. The van der Waals surface area contributed by atoms with Crippen LogP contribution in [0.2, 0.25) is 0 Å². The van der Waals surface area contributed by atoms with Crippen molar-refractivity contribution in [3.05, 3.63) is 48.0 Å². The first-order valence-electron chi connectivity index (χ1n) is 9.12. The van der Waals surface area contributed by atoms with E-state index >= 15 is 0 Å². The van der Waals surface area contributed by atoms with Crippen molar-refractivity contribution in [2.75, 3.05) is 13.4 Å². The van der Waals surface area contributed by atoms with Crippen molar-refractivity contribution < 1.29 is 34.7 Å². The number of hydrogen-bond acceptors (Lipinski definition) is 5. The van der Waals surface area contributed by atoms with Gasteiger partial charge in [0, 0.05) is 13.4 Å². The second kappa shape index (κ2) is 7.97. The van der Waals surface area contributed by atoms with E-state index in [1.165, 1.54) is 37.4 Å². The molecular formula is C20H21F3O5S2. The number of methoxy groups -OCH3 is 1. The first kappa shape index (κ1) is 22.8. The molecule has 1 fully saturated rings. The summed E-state index contributed by atoms with van der Waals surface area (Å²) >= 11 is 0. The zero-order valence-corrected chi connectivity index (χ0v) is 17.9. The summed E-state index contributed by atoms with van der Waals surface area (Å²) in [4.78, 5) is -0.705. The van der Waals surface area contributed by atoms with E-state index in [1.54, 1.807) is 0 Å². The molecule has 0 aliphatic heterocycles. The van der Waals surface area contributed by atoms with Gasteiger partial charge in [0.2, 0.25) is 0 Å². The van der Waals surface area contributed by atoms with E-state index in [2.05, 4.69) is 0 Å². The van der Waals surface area contributed by atoms with Crippen LogP contribution in [0.3, 0.4) is 0 Å². The number of ether oxygens (including phenoxy) is 1. The van der Waals surface area contributed by atoms with Crippen molar-refractivity contribution >= 4 is 19.7 Å². The van der Waals surface area contributed by atoms with Crippen molar-refractivity contribution in [2.45, 2.75) is 46.6 Å². The maximum absolute atomic E-state index is 13.8. The fraction of sp³-hybridized carbons (Fsp3) is 0.400. The summed E-state index contributed by atoms with van der Waals surface area (Å²) in [6, 6.07) is 8.46. The largest absolute Gasteiger partial charge is 0.417 e. The quantitative estimate of drug-likeness (QED) is 0.668. The van der Waals surface area contributed by atoms with E-state index in [9.17, 15) is 30.0 Å². The van der Waals surface area contributed by atoms with E-state index in [1.807, 2.05) is 0 Å². The Hall–Kier alpha value is -1.91.